The van der Waals surface area contributed by atoms with Crippen LogP contribution in [0.1, 0.15) is 35.7 Å². The van der Waals surface area contributed by atoms with Crippen molar-refractivity contribution in [3.05, 3.63) is 90.0 Å². The molecule has 0 aliphatic carbocycles. The Bertz CT molecular complexity index is 953. The van der Waals surface area contributed by atoms with E-state index in [0.717, 1.165) is 12.0 Å². The third-order valence-corrected chi connectivity index (χ3v) is 4.29. The normalized spacial score (nSPS) is 10.2. The fourth-order valence-corrected chi connectivity index (χ4v) is 2.78. The molecule has 3 aromatic carbocycles. The predicted molar refractivity (Wildman–Crippen MR) is 115 cm³/mol. The largest absolute Gasteiger partial charge is 0.489 e. The van der Waals surface area contributed by atoms with Gasteiger partial charge in [-0.1, -0.05) is 49.4 Å². The molecule has 2 amide bonds. The average molecular weight is 388 g/mol. The van der Waals surface area contributed by atoms with E-state index in [4.69, 9.17) is 4.74 Å². The van der Waals surface area contributed by atoms with Gasteiger partial charge in [0.1, 0.15) is 12.4 Å². The fraction of sp³-hybridized carbons (Fsp3) is 0.167. The van der Waals surface area contributed by atoms with Crippen LogP contribution in [-0.4, -0.2) is 11.8 Å². The summed E-state index contributed by atoms with van der Waals surface area (Å²) in [4.78, 5) is 24.5. The maximum absolute atomic E-state index is 12.6. The van der Waals surface area contributed by atoms with Crippen LogP contribution in [0.5, 0.6) is 5.75 Å². The van der Waals surface area contributed by atoms with Crippen LogP contribution in [0.4, 0.5) is 11.4 Å². The number of nitrogens with one attached hydrogen (secondary N) is 2. The summed E-state index contributed by atoms with van der Waals surface area (Å²) in [6.45, 7) is 2.41. The lowest BCUT2D eigenvalue weighted by molar-refractivity contribution is -0.116. The molecular weight excluding hydrogens is 364 g/mol. The summed E-state index contributed by atoms with van der Waals surface area (Å²) in [7, 11) is 0. The third-order valence-electron chi connectivity index (χ3n) is 4.29. The first-order valence-electron chi connectivity index (χ1n) is 9.62. The SMILES string of the molecule is CCCC(=O)Nc1ccccc1NC(=O)c1ccc(OCc2ccccc2)cc1. The Kier molecular flexibility index (Phi) is 7.00. The summed E-state index contributed by atoms with van der Waals surface area (Å²) in [5, 5.41) is 5.69. The van der Waals surface area contributed by atoms with Gasteiger partial charge in [-0.2, -0.15) is 0 Å². The minimum atomic E-state index is -0.253. The molecule has 5 nitrogen and oxygen atoms in total. The van der Waals surface area contributed by atoms with E-state index >= 15 is 0 Å². The van der Waals surface area contributed by atoms with Crippen LogP contribution in [0.2, 0.25) is 0 Å². The van der Waals surface area contributed by atoms with Crippen molar-refractivity contribution in [3.8, 4) is 5.75 Å². The summed E-state index contributed by atoms with van der Waals surface area (Å²) in [5.74, 6) is 0.364. The van der Waals surface area contributed by atoms with E-state index in [1.807, 2.05) is 49.4 Å². The molecule has 3 aromatic rings. The Hall–Kier alpha value is -3.60. The number of hydrogen-bond donors (Lipinski definition) is 2. The number of carbonyl (C=O) groups excluding carboxylic acids is 2. The molecule has 2 N–H and O–H groups in total. The monoisotopic (exact) mass is 388 g/mol. The quantitative estimate of drug-likeness (QED) is 0.553. The van der Waals surface area contributed by atoms with Gasteiger partial charge in [-0.05, 0) is 48.4 Å². The molecule has 0 aliphatic heterocycles. The summed E-state index contributed by atoms with van der Waals surface area (Å²) < 4.78 is 5.75. The summed E-state index contributed by atoms with van der Waals surface area (Å²) in [6, 6.07) is 24.0. The summed E-state index contributed by atoms with van der Waals surface area (Å²) >= 11 is 0. The summed E-state index contributed by atoms with van der Waals surface area (Å²) in [6.07, 6.45) is 1.20. The molecule has 0 unspecified atom stereocenters. The van der Waals surface area contributed by atoms with Gasteiger partial charge < -0.3 is 15.4 Å². The van der Waals surface area contributed by atoms with Gasteiger partial charge in [-0.3, -0.25) is 9.59 Å². The first-order valence-corrected chi connectivity index (χ1v) is 9.62. The molecular formula is C24H24N2O3. The van der Waals surface area contributed by atoms with Gasteiger partial charge >= 0.3 is 0 Å². The average Bonchev–Trinajstić information content (AvgIpc) is 2.75. The number of amides is 2. The van der Waals surface area contributed by atoms with Crippen molar-refractivity contribution >= 4 is 23.2 Å². The number of carbonyl (C=O) groups is 2. The van der Waals surface area contributed by atoms with Gasteiger partial charge in [0.25, 0.3) is 5.91 Å². The van der Waals surface area contributed by atoms with Crippen LogP contribution >= 0.6 is 0 Å². The van der Waals surface area contributed by atoms with Crippen molar-refractivity contribution in [1.82, 2.24) is 0 Å². The molecule has 0 saturated carbocycles. The first-order chi connectivity index (χ1) is 14.2. The molecule has 3 rings (SSSR count). The second-order valence-electron chi connectivity index (χ2n) is 6.60. The molecule has 0 saturated heterocycles. The molecule has 0 spiro atoms. The number of ether oxygens (including phenoxy) is 1. The van der Waals surface area contributed by atoms with Gasteiger partial charge in [-0.15, -0.1) is 0 Å². The van der Waals surface area contributed by atoms with Gasteiger partial charge in [0.2, 0.25) is 5.91 Å². The van der Waals surface area contributed by atoms with Crippen molar-refractivity contribution in [2.45, 2.75) is 26.4 Å². The van der Waals surface area contributed by atoms with Crippen LogP contribution in [0, 0.1) is 0 Å². The zero-order chi connectivity index (χ0) is 20.5. The van der Waals surface area contributed by atoms with Crippen LogP contribution in [0.3, 0.4) is 0 Å². The zero-order valence-electron chi connectivity index (χ0n) is 16.4. The van der Waals surface area contributed by atoms with E-state index < -0.39 is 0 Å². The zero-order valence-corrected chi connectivity index (χ0v) is 16.4. The Balaban J connectivity index is 1.62. The lowest BCUT2D eigenvalue weighted by Crippen LogP contribution is -2.16. The van der Waals surface area contributed by atoms with Gasteiger partial charge in [-0.25, -0.2) is 0 Å². The highest BCUT2D eigenvalue weighted by molar-refractivity contribution is 6.07. The lowest BCUT2D eigenvalue weighted by Gasteiger charge is -2.12. The van der Waals surface area contributed by atoms with Crippen molar-refractivity contribution in [1.29, 1.82) is 0 Å². The van der Waals surface area contributed by atoms with Crippen molar-refractivity contribution < 1.29 is 14.3 Å². The molecule has 0 heterocycles. The number of rotatable bonds is 8. The van der Waals surface area contributed by atoms with Crippen molar-refractivity contribution in [3.63, 3.8) is 0 Å². The molecule has 0 radical (unpaired) electrons. The molecule has 148 valence electrons. The molecule has 0 fully saturated rings. The molecule has 0 bridgehead atoms. The second kappa shape index (κ2) is 10.1. The third kappa shape index (κ3) is 5.94. The van der Waals surface area contributed by atoms with E-state index in [1.165, 1.54) is 0 Å². The molecule has 29 heavy (non-hydrogen) atoms. The molecule has 0 aliphatic rings. The second-order valence-corrected chi connectivity index (χ2v) is 6.60. The highest BCUT2D eigenvalue weighted by Crippen LogP contribution is 2.23. The maximum Gasteiger partial charge on any atom is 0.255 e. The van der Waals surface area contributed by atoms with E-state index in [1.54, 1.807) is 36.4 Å². The Morgan fingerprint density at radius 2 is 1.41 bits per heavy atom. The van der Waals surface area contributed by atoms with E-state index in [2.05, 4.69) is 10.6 Å². The van der Waals surface area contributed by atoms with Crippen LogP contribution in [-0.2, 0) is 11.4 Å². The number of benzene rings is 3. The minimum absolute atomic E-state index is 0.0749. The Labute approximate surface area is 170 Å². The topological polar surface area (TPSA) is 67.4 Å². The summed E-state index contributed by atoms with van der Waals surface area (Å²) in [5.41, 5.74) is 2.73. The lowest BCUT2D eigenvalue weighted by atomic mass is 10.2. The van der Waals surface area contributed by atoms with Crippen LogP contribution in [0.15, 0.2) is 78.9 Å². The van der Waals surface area contributed by atoms with Crippen LogP contribution in [0.25, 0.3) is 0 Å². The standard InChI is InChI=1S/C24H24N2O3/c1-2-8-23(27)25-21-11-6-7-12-22(21)26-24(28)19-13-15-20(16-14-19)29-17-18-9-4-3-5-10-18/h3-7,9-16H,2,8,17H2,1H3,(H,25,27)(H,26,28). The predicted octanol–water partition coefficient (Wildman–Crippen LogP) is 5.26. The van der Waals surface area contributed by atoms with E-state index in [9.17, 15) is 9.59 Å². The number of para-hydroxylation sites is 2. The first kappa shape index (κ1) is 20.1. The Morgan fingerprint density at radius 3 is 2.07 bits per heavy atom. The highest BCUT2D eigenvalue weighted by atomic mass is 16.5. The van der Waals surface area contributed by atoms with Crippen molar-refractivity contribution in [2.75, 3.05) is 10.6 Å². The van der Waals surface area contributed by atoms with E-state index in [-0.39, 0.29) is 11.8 Å². The molecule has 5 heteroatoms. The van der Waals surface area contributed by atoms with Gasteiger partial charge in [0.05, 0.1) is 11.4 Å². The van der Waals surface area contributed by atoms with Crippen LogP contribution < -0.4 is 15.4 Å². The smallest absolute Gasteiger partial charge is 0.255 e. The maximum atomic E-state index is 12.6. The highest BCUT2D eigenvalue weighted by Gasteiger charge is 2.11. The number of anilines is 2. The fourth-order valence-electron chi connectivity index (χ4n) is 2.78. The number of hydrogen-bond acceptors (Lipinski definition) is 3. The van der Waals surface area contributed by atoms with Gasteiger partial charge in [0.15, 0.2) is 0 Å². The minimum Gasteiger partial charge on any atom is -0.489 e. The molecule has 0 atom stereocenters. The Morgan fingerprint density at radius 1 is 0.793 bits per heavy atom. The van der Waals surface area contributed by atoms with Crippen molar-refractivity contribution in [2.24, 2.45) is 0 Å². The van der Waals surface area contributed by atoms with E-state index in [0.29, 0.717) is 35.7 Å². The molecule has 0 aromatic heterocycles. The van der Waals surface area contributed by atoms with Gasteiger partial charge in [0, 0.05) is 12.0 Å².